The number of hydrogen-bond acceptors (Lipinski definition) is 10. The van der Waals surface area contributed by atoms with Gasteiger partial charge in [0.1, 0.15) is 30.2 Å². The fourth-order valence-electron chi connectivity index (χ4n) is 2.52. The molecule has 25 heavy (non-hydrogen) atoms. The normalized spacial score (nSPS) is 25.9. The second kappa shape index (κ2) is 6.54. The molecule has 1 aliphatic heterocycles. The summed E-state index contributed by atoms with van der Waals surface area (Å²) >= 11 is 0. The lowest BCUT2D eigenvalue weighted by Crippen LogP contribution is -2.42. The molecule has 4 atom stereocenters. The van der Waals surface area contributed by atoms with Crippen LogP contribution in [0.25, 0.3) is 11.2 Å². The predicted molar refractivity (Wildman–Crippen MR) is 82.6 cm³/mol. The van der Waals surface area contributed by atoms with Crippen molar-refractivity contribution in [1.29, 1.82) is 0 Å². The van der Waals surface area contributed by atoms with Crippen LogP contribution in [0.1, 0.15) is 6.23 Å². The molecule has 0 unspecified atom stereocenters. The van der Waals surface area contributed by atoms with Crippen molar-refractivity contribution in [1.82, 2.24) is 29.8 Å². The van der Waals surface area contributed by atoms with Crippen LogP contribution in [0.2, 0.25) is 0 Å². The van der Waals surface area contributed by atoms with Crippen LogP contribution in [0.5, 0.6) is 0 Å². The number of nitrogens with zero attached hydrogens (tertiary/aromatic N) is 6. The molecule has 0 spiro atoms. The quantitative estimate of drug-likeness (QED) is 0.370. The van der Waals surface area contributed by atoms with Gasteiger partial charge in [-0.3, -0.25) is 4.57 Å². The van der Waals surface area contributed by atoms with Crippen molar-refractivity contribution in [3.8, 4) is 0 Å². The number of aliphatic hydroxyl groups excluding tert-OH is 2. The largest absolute Gasteiger partial charge is 0.387 e. The number of nitrogen functional groups attached to an aromatic ring is 1. The summed E-state index contributed by atoms with van der Waals surface area (Å²) in [6, 6.07) is -0.766. The summed E-state index contributed by atoms with van der Waals surface area (Å²) in [5.74, 6) is 0.171. The van der Waals surface area contributed by atoms with Gasteiger partial charge in [-0.05, 0) is 0 Å². The van der Waals surface area contributed by atoms with E-state index in [9.17, 15) is 19.9 Å². The summed E-state index contributed by atoms with van der Waals surface area (Å²) in [5.41, 5.74) is 6.38. The fourth-order valence-corrected chi connectivity index (χ4v) is 2.52. The number of ether oxygens (including phenoxy) is 1. The molecule has 0 aliphatic carbocycles. The zero-order valence-corrected chi connectivity index (χ0v) is 13.1. The number of carbonyl (C=O) groups is 1. The molecule has 5 N–H and O–H groups in total. The van der Waals surface area contributed by atoms with Gasteiger partial charge in [-0.2, -0.15) is 5.01 Å². The minimum Gasteiger partial charge on any atom is -0.387 e. The number of amides is 2. The number of urea groups is 1. The van der Waals surface area contributed by atoms with Gasteiger partial charge in [0.05, 0.1) is 11.6 Å². The Morgan fingerprint density at radius 2 is 2.20 bits per heavy atom. The third-order valence-corrected chi connectivity index (χ3v) is 3.87. The number of rotatable bonds is 4. The van der Waals surface area contributed by atoms with Crippen LogP contribution < -0.4 is 11.1 Å². The molecule has 2 aromatic heterocycles. The lowest BCUT2D eigenvalue weighted by molar-refractivity contribution is -0.0336. The van der Waals surface area contributed by atoms with Crippen LogP contribution in [0.15, 0.2) is 17.9 Å². The number of hydrogen-bond donors (Lipinski definition) is 4. The van der Waals surface area contributed by atoms with Crippen LogP contribution in [-0.2, 0) is 4.74 Å². The molecule has 0 bridgehead atoms. The molecule has 13 nitrogen and oxygen atoms in total. The third kappa shape index (κ3) is 2.95. The lowest BCUT2D eigenvalue weighted by Gasteiger charge is -2.17. The Labute approximate surface area is 140 Å². The summed E-state index contributed by atoms with van der Waals surface area (Å²) in [6.07, 6.45) is -1.87. The SMILES string of the molecule is CN(N=O)C(=O)NC[C@H]1O[C@@H](n2cnc3c(N)ncnc32)[C@H](O)[C@@H]1O. The zero-order chi connectivity index (χ0) is 18.1. The maximum absolute atomic E-state index is 11.5. The van der Waals surface area contributed by atoms with Gasteiger partial charge < -0.3 is 26.0 Å². The van der Waals surface area contributed by atoms with Crippen LogP contribution in [0, 0.1) is 4.91 Å². The Balaban J connectivity index is 1.76. The number of anilines is 1. The monoisotopic (exact) mass is 352 g/mol. The molecule has 1 fully saturated rings. The molecule has 2 aromatic rings. The maximum atomic E-state index is 11.5. The van der Waals surface area contributed by atoms with Gasteiger partial charge in [0.2, 0.25) is 0 Å². The Bertz CT molecular complexity index is 797. The van der Waals surface area contributed by atoms with Crippen LogP contribution >= 0.6 is 0 Å². The van der Waals surface area contributed by atoms with E-state index in [-0.39, 0.29) is 12.4 Å². The van der Waals surface area contributed by atoms with Gasteiger partial charge in [0.15, 0.2) is 17.7 Å². The van der Waals surface area contributed by atoms with Crippen molar-refractivity contribution in [3.05, 3.63) is 17.6 Å². The first-order valence-electron chi connectivity index (χ1n) is 7.23. The number of nitrogens with two attached hydrogens (primary N) is 1. The Kier molecular flexibility index (Phi) is 4.43. The fraction of sp³-hybridized carbons (Fsp3) is 0.500. The molecule has 3 heterocycles. The summed E-state index contributed by atoms with van der Waals surface area (Å²) in [4.78, 5) is 33.7. The van der Waals surface area contributed by atoms with E-state index in [2.05, 4.69) is 25.6 Å². The molecule has 0 radical (unpaired) electrons. The summed E-state index contributed by atoms with van der Waals surface area (Å²) in [6.45, 7) is -0.142. The molecular weight excluding hydrogens is 336 g/mol. The molecule has 13 heteroatoms. The van der Waals surface area contributed by atoms with Crippen molar-refractivity contribution in [2.75, 3.05) is 19.3 Å². The van der Waals surface area contributed by atoms with Crippen molar-refractivity contribution < 1.29 is 19.7 Å². The predicted octanol–water partition coefficient (Wildman–Crippen LogP) is -1.65. The first-order chi connectivity index (χ1) is 11.9. The van der Waals surface area contributed by atoms with E-state index < -0.39 is 30.6 Å². The van der Waals surface area contributed by atoms with Crippen molar-refractivity contribution >= 4 is 23.0 Å². The average molecular weight is 352 g/mol. The highest BCUT2D eigenvalue weighted by Crippen LogP contribution is 2.31. The molecule has 3 rings (SSSR count). The number of aromatic nitrogens is 4. The molecule has 134 valence electrons. The van der Waals surface area contributed by atoms with Crippen LogP contribution in [-0.4, -0.2) is 72.7 Å². The second-order valence-electron chi connectivity index (χ2n) is 5.42. The topological polar surface area (TPSA) is 181 Å². The van der Waals surface area contributed by atoms with Crippen LogP contribution in [0.3, 0.4) is 0 Å². The molecular formula is C12H16N8O5. The van der Waals surface area contributed by atoms with Gasteiger partial charge >= 0.3 is 6.03 Å². The van der Waals surface area contributed by atoms with E-state index in [0.717, 1.165) is 0 Å². The first-order valence-corrected chi connectivity index (χ1v) is 7.23. The van der Waals surface area contributed by atoms with Gasteiger partial charge in [-0.1, -0.05) is 0 Å². The van der Waals surface area contributed by atoms with Crippen LogP contribution in [0.4, 0.5) is 10.6 Å². The third-order valence-electron chi connectivity index (χ3n) is 3.87. The minimum atomic E-state index is -1.29. The van der Waals surface area contributed by atoms with Gasteiger partial charge in [-0.25, -0.2) is 19.7 Å². The zero-order valence-electron chi connectivity index (χ0n) is 13.1. The van der Waals surface area contributed by atoms with Crippen molar-refractivity contribution in [2.45, 2.75) is 24.5 Å². The Hall–Kier alpha value is -2.90. The summed E-state index contributed by atoms with van der Waals surface area (Å²) < 4.78 is 7.04. The number of imidazole rings is 1. The lowest BCUT2D eigenvalue weighted by atomic mass is 10.1. The summed E-state index contributed by atoms with van der Waals surface area (Å²) in [7, 11) is 1.17. The standard InChI is InChI=1S/C12H16N8O5/c1-19(18-24)12(23)14-2-5-7(21)8(22)11(25-5)20-4-17-6-9(13)15-3-16-10(6)20/h3-5,7-8,11,21-22H,2H2,1H3,(H,14,23)(H2,13,15,16)/t5-,7-,8-,11-/m1/s1. The van der Waals surface area contributed by atoms with E-state index in [1.165, 1.54) is 24.3 Å². The van der Waals surface area contributed by atoms with E-state index in [1.54, 1.807) is 0 Å². The van der Waals surface area contributed by atoms with E-state index >= 15 is 0 Å². The van der Waals surface area contributed by atoms with E-state index in [1.807, 2.05) is 0 Å². The molecule has 0 saturated carbocycles. The van der Waals surface area contributed by atoms with Gasteiger partial charge in [0, 0.05) is 13.6 Å². The highest BCUT2D eigenvalue weighted by atomic mass is 16.6. The molecule has 1 aliphatic rings. The average Bonchev–Trinajstić information content (AvgIpc) is 3.15. The Morgan fingerprint density at radius 3 is 2.92 bits per heavy atom. The van der Waals surface area contributed by atoms with Crippen molar-refractivity contribution in [3.63, 3.8) is 0 Å². The number of carbonyl (C=O) groups excluding carboxylic acids is 1. The minimum absolute atomic E-state index is 0.142. The van der Waals surface area contributed by atoms with E-state index in [0.29, 0.717) is 16.2 Å². The highest BCUT2D eigenvalue weighted by Gasteiger charge is 2.44. The first kappa shape index (κ1) is 16.9. The summed E-state index contributed by atoms with van der Waals surface area (Å²) in [5, 5.41) is 25.8. The number of nitroso groups, excluding NO2 is 1. The maximum Gasteiger partial charge on any atom is 0.340 e. The molecule has 1 saturated heterocycles. The van der Waals surface area contributed by atoms with Gasteiger partial charge in [-0.15, -0.1) is 4.91 Å². The Morgan fingerprint density at radius 1 is 1.44 bits per heavy atom. The second-order valence-corrected chi connectivity index (χ2v) is 5.42. The highest BCUT2D eigenvalue weighted by molar-refractivity contribution is 5.81. The smallest absolute Gasteiger partial charge is 0.340 e. The molecule has 0 aromatic carbocycles. The number of fused-ring (bicyclic) bond motifs is 1. The molecule has 2 amide bonds. The number of nitrogens with one attached hydrogen (secondary N) is 1. The van der Waals surface area contributed by atoms with Crippen molar-refractivity contribution in [2.24, 2.45) is 5.29 Å². The van der Waals surface area contributed by atoms with E-state index in [4.69, 9.17) is 10.5 Å². The number of aliphatic hydroxyl groups is 2. The van der Waals surface area contributed by atoms with Gasteiger partial charge in [0.25, 0.3) is 0 Å².